The van der Waals surface area contributed by atoms with E-state index in [1.807, 2.05) is 4.90 Å². The molecule has 2 saturated carbocycles. The van der Waals surface area contributed by atoms with Gasteiger partial charge in [-0.15, -0.1) is 0 Å². The second-order valence-electron chi connectivity index (χ2n) is 6.83. The second kappa shape index (κ2) is 5.82. The highest BCUT2D eigenvalue weighted by molar-refractivity contribution is 5.66. The Bertz CT molecular complexity index is 325. The molecule has 0 aromatic rings. The van der Waals surface area contributed by atoms with Crippen LogP contribution in [0.4, 0.5) is 0 Å². The Labute approximate surface area is 116 Å². The van der Waals surface area contributed by atoms with Crippen molar-refractivity contribution < 1.29 is 14.4 Å². The van der Waals surface area contributed by atoms with Gasteiger partial charge in [-0.25, -0.2) is 0 Å². The molecule has 1 aliphatic heterocycles. The monoisotopic (exact) mass is 266 g/mol. The number of nitrogens with one attached hydrogen (secondary N) is 1. The normalized spacial score (nSPS) is 39.8. The molecule has 3 aliphatic rings. The van der Waals surface area contributed by atoms with Crippen LogP contribution in [0.5, 0.6) is 0 Å². The summed E-state index contributed by atoms with van der Waals surface area (Å²) in [6, 6.07) is 0.765. The number of esters is 1. The summed E-state index contributed by atoms with van der Waals surface area (Å²) in [5.41, 5.74) is 0. The number of hydrogen-bond acceptors (Lipinski definition) is 2. The van der Waals surface area contributed by atoms with Crippen LogP contribution in [0.25, 0.3) is 0 Å². The molecule has 0 aromatic heterocycles. The van der Waals surface area contributed by atoms with Crippen LogP contribution in [-0.4, -0.2) is 31.2 Å². The van der Waals surface area contributed by atoms with Gasteiger partial charge in [0.05, 0.1) is 19.1 Å². The molecule has 3 fully saturated rings. The topological polar surface area (TPSA) is 30.7 Å². The molecule has 19 heavy (non-hydrogen) atoms. The van der Waals surface area contributed by atoms with E-state index in [4.69, 9.17) is 4.74 Å². The van der Waals surface area contributed by atoms with Gasteiger partial charge in [-0.3, -0.25) is 4.79 Å². The van der Waals surface area contributed by atoms with Crippen molar-refractivity contribution in [2.75, 3.05) is 13.1 Å². The minimum Gasteiger partial charge on any atom is -0.462 e. The van der Waals surface area contributed by atoms with Crippen LogP contribution in [0.3, 0.4) is 0 Å². The first-order valence-electron chi connectivity index (χ1n) is 8.27. The summed E-state index contributed by atoms with van der Waals surface area (Å²) in [7, 11) is 0. The zero-order chi connectivity index (χ0) is 13.2. The Morgan fingerprint density at radius 1 is 1.00 bits per heavy atom. The average molecular weight is 266 g/mol. The number of hydrogen-bond donors (Lipinski definition) is 1. The zero-order valence-corrected chi connectivity index (χ0v) is 12.2. The van der Waals surface area contributed by atoms with Crippen molar-refractivity contribution in [1.29, 1.82) is 0 Å². The second-order valence-corrected chi connectivity index (χ2v) is 6.83. The summed E-state index contributed by atoms with van der Waals surface area (Å²) < 4.78 is 5.73. The van der Waals surface area contributed by atoms with Crippen LogP contribution in [0, 0.1) is 11.8 Å². The minimum atomic E-state index is -0.0730. The first kappa shape index (κ1) is 13.4. The van der Waals surface area contributed by atoms with E-state index in [1.165, 1.54) is 64.5 Å². The third-order valence-corrected chi connectivity index (χ3v) is 5.69. The van der Waals surface area contributed by atoms with Gasteiger partial charge in [-0.2, -0.15) is 0 Å². The largest absolute Gasteiger partial charge is 0.462 e. The molecule has 3 rings (SSSR count). The molecule has 1 saturated heterocycles. The van der Waals surface area contributed by atoms with Crippen LogP contribution >= 0.6 is 0 Å². The van der Waals surface area contributed by atoms with Crippen molar-refractivity contribution in [3.63, 3.8) is 0 Å². The number of carbonyl (C=O) groups is 1. The van der Waals surface area contributed by atoms with Crippen molar-refractivity contribution in [1.82, 2.24) is 0 Å². The van der Waals surface area contributed by atoms with E-state index >= 15 is 0 Å². The number of piperidine rings is 1. The van der Waals surface area contributed by atoms with Crippen molar-refractivity contribution in [2.45, 2.75) is 70.4 Å². The summed E-state index contributed by atoms with van der Waals surface area (Å²) in [6.07, 6.45) is 11.0. The molecule has 0 aromatic carbocycles. The summed E-state index contributed by atoms with van der Waals surface area (Å²) in [5, 5.41) is 0. The van der Waals surface area contributed by atoms with Crippen LogP contribution in [-0.2, 0) is 9.53 Å². The smallest absolute Gasteiger partial charge is 0.302 e. The Morgan fingerprint density at radius 2 is 1.79 bits per heavy atom. The number of quaternary nitrogens is 1. The minimum absolute atomic E-state index is 0.0730. The molecule has 108 valence electrons. The molecule has 3 nitrogen and oxygen atoms in total. The maximum atomic E-state index is 11.4. The summed E-state index contributed by atoms with van der Waals surface area (Å²) in [6.45, 7) is 4.27. The fourth-order valence-electron chi connectivity index (χ4n) is 4.90. The van der Waals surface area contributed by atoms with Crippen molar-refractivity contribution >= 4 is 5.97 Å². The molecule has 0 radical (unpaired) electrons. The van der Waals surface area contributed by atoms with Crippen LogP contribution in [0.15, 0.2) is 0 Å². The highest BCUT2D eigenvalue weighted by atomic mass is 16.5. The van der Waals surface area contributed by atoms with Gasteiger partial charge in [0.25, 0.3) is 0 Å². The van der Waals surface area contributed by atoms with Crippen LogP contribution in [0.2, 0.25) is 0 Å². The summed E-state index contributed by atoms with van der Waals surface area (Å²) in [4.78, 5) is 13.2. The molecule has 3 heteroatoms. The van der Waals surface area contributed by atoms with E-state index < -0.39 is 0 Å². The van der Waals surface area contributed by atoms with E-state index in [-0.39, 0.29) is 12.1 Å². The van der Waals surface area contributed by atoms with Gasteiger partial charge in [0, 0.05) is 19.3 Å². The number of rotatable bonds is 2. The lowest BCUT2D eigenvalue weighted by Crippen LogP contribution is -3.17. The maximum absolute atomic E-state index is 11.4. The summed E-state index contributed by atoms with van der Waals surface area (Å²) in [5.74, 6) is 1.23. The van der Waals surface area contributed by atoms with E-state index in [0.717, 1.165) is 6.04 Å². The number of likely N-dealkylation sites (tertiary alicyclic amines) is 1. The quantitative estimate of drug-likeness (QED) is 0.769. The van der Waals surface area contributed by atoms with Gasteiger partial charge < -0.3 is 9.64 Å². The zero-order valence-electron chi connectivity index (χ0n) is 12.2. The molecule has 1 N–H and O–H groups in total. The maximum Gasteiger partial charge on any atom is 0.302 e. The Morgan fingerprint density at radius 3 is 2.53 bits per heavy atom. The first-order valence-corrected chi connectivity index (χ1v) is 8.27. The van der Waals surface area contributed by atoms with Crippen molar-refractivity contribution in [3.8, 4) is 0 Å². The average Bonchev–Trinajstić information content (AvgIpc) is 2.39. The van der Waals surface area contributed by atoms with Gasteiger partial charge in [-0.05, 0) is 44.4 Å². The van der Waals surface area contributed by atoms with Gasteiger partial charge >= 0.3 is 5.97 Å². The van der Waals surface area contributed by atoms with Crippen LogP contribution < -0.4 is 4.90 Å². The van der Waals surface area contributed by atoms with Crippen molar-refractivity contribution in [2.24, 2.45) is 11.8 Å². The molecule has 0 spiro atoms. The van der Waals surface area contributed by atoms with Gasteiger partial charge in [-0.1, -0.05) is 6.42 Å². The Balaban J connectivity index is 1.72. The molecule has 0 unspecified atom stereocenters. The van der Waals surface area contributed by atoms with E-state index in [9.17, 15) is 4.79 Å². The van der Waals surface area contributed by atoms with E-state index in [2.05, 4.69) is 0 Å². The van der Waals surface area contributed by atoms with Gasteiger partial charge in [0.15, 0.2) is 0 Å². The highest BCUT2D eigenvalue weighted by Gasteiger charge is 2.47. The first-order chi connectivity index (χ1) is 9.25. The number of ether oxygens (including phenoxy) is 1. The molecular weight excluding hydrogens is 238 g/mol. The van der Waals surface area contributed by atoms with E-state index in [1.54, 1.807) is 6.92 Å². The third-order valence-electron chi connectivity index (χ3n) is 5.69. The van der Waals surface area contributed by atoms with E-state index in [0.29, 0.717) is 11.8 Å². The summed E-state index contributed by atoms with van der Waals surface area (Å²) >= 11 is 0. The molecule has 4 atom stereocenters. The highest BCUT2D eigenvalue weighted by Crippen LogP contribution is 2.41. The Kier molecular flexibility index (Phi) is 4.11. The van der Waals surface area contributed by atoms with Crippen molar-refractivity contribution in [3.05, 3.63) is 0 Å². The predicted octanol–water partition coefficient (Wildman–Crippen LogP) is 1.57. The molecule has 0 amide bonds. The lowest BCUT2D eigenvalue weighted by atomic mass is 9.67. The van der Waals surface area contributed by atoms with Gasteiger partial charge in [0.1, 0.15) is 6.10 Å². The third kappa shape index (κ3) is 2.81. The Hall–Kier alpha value is -0.570. The fraction of sp³-hybridized carbons (Fsp3) is 0.938. The lowest BCUT2D eigenvalue weighted by molar-refractivity contribution is -0.936. The molecular formula is C16H28NO2+. The van der Waals surface area contributed by atoms with Crippen LogP contribution in [0.1, 0.15) is 58.3 Å². The molecule has 2 bridgehead atoms. The SMILES string of the molecule is CC(=O)O[C@@H]1[C@@H]2CCC[C@H]1[C@H]([NH+]1CCCCC1)CC2. The number of fused-ring (bicyclic) bond motifs is 2. The molecule has 1 heterocycles. The standard InChI is InChI=1S/C16H27NO2/c1-12(18)19-16-13-6-5-7-14(16)15(9-8-13)17-10-3-2-4-11-17/h13-16H,2-11H2,1H3/p+1/t13-,14+,15-,16-/m1/s1. The van der Waals surface area contributed by atoms with Gasteiger partial charge in [0.2, 0.25) is 0 Å². The predicted molar refractivity (Wildman–Crippen MR) is 74.0 cm³/mol. The molecule has 2 aliphatic carbocycles. The fourth-order valence-corrected chi connectivity index (χ4v) is 4.90. The number of carbonyl (C=O) groups excluding carboxylic acids is 1. The lowest BCUT2D eigenvalue weighted by Gasteiger charge is -2.48.